The van der Waals surface area contributed by atoms with Crippen molar-refractivity contribution >= 4 is 46.5 Å². The minimum Gasteiger partial charge on any atom is -0.382 e. The first-order valence-electron chi connectivity index (χ1n) is 13.5. The molecule has 1 unspecified atom stereocenters. The Hall–Kier alpha value is -2.90. The maximum Gasteiger partial charge on any atom is 0.417 e. The molecule has 0 spiro atoms. The van der Waals surface area contributed by atoms with E-state index in [1.54, 1.807) is 13.0 Å². The number of aliphatic hydroxyl groups excluding tert-OH is 1. The van der Waals surface area contributed by atoms with Gasteiger partial charge in [-0.1, -0.05) is 57.6 Å². The molecule has 13 heteroatoms. The summed E-state index contributed by atoms with van der Waals surface area (Å²) in [7, 11) is -5.42. The third-order valence-corrected chi connectivity index (χ3v) is 15.5. The summed E-state index contributed by atoms with van der Waals surface area (Å²) >= 11 is 5.75. The lowest BCUT2D eigenvalue weighted by Gasteiger charge is -2.38. The van der Waals surface area contributed by atoms with Crippen LogP contribution in [0.4, 0.5) is 18.9 Å². The Labute approximate surface area is 256 Å². The van der Waals surface area contributed by atoms with Gasteiger partial charge in [-0.3, -0.25) is 4.98 Å². The molecule has 0 aliphatic rings. The number of hydrogen-bond donors (Lipinski definition) is 1. The summed E-state index contributed by atoms with van der Waals surface area (Å²) < 4.78 is 76.9. The molecule has 2 aromatic carbocycles. The maximum atomic E-state index is 13.9. The molecular formula is C30H35ClF3N3O4SSi. The van der Waals surface area contributed by atoms with Gasteiger partial charge in [0, 0.05) is 24.2 Å². The first-order valence-corrected chi connectivity index (χ1v) is 18.2. The molecule has 2 aromatic heterocycles. The summed E-state index contributed by atoms with van der Waals surface area (Å²) in [4.78, 5) is 3.78. The van der Waals surface area contributed by atoms with E-state index in [0.717, 1.165) is 27.3 Å². The van der Waals surface area contributed by atoms with Crippen molar-refractivity contribution in [2.24, 2.45) is 0 Å². The Morgan fingerprint density at radius 1 is 1.12 bits per heavy atom. The molecule has 0 radical (unpaired) electrons. The Kier molecular flexibility index (Phi) is 8.86. The molecule has 232 valence electrons. The molecule has 0 fully saturated rings. The lowest BCUT2D eigenvalue weighted by Crippen LogP contribution is -2.44. The number of aryl methyl sites for hydroxylation is 1. The van der Waals surface area contributed by atoms with Crippen LogP contribution in [0.15, 0.2) is 65.8 Å². The van der Waals surface area contributed by atoms with Crippen LogP contribution >= 0.6 is 11.6 Å². The maximum absolute atomic E-state index is 13.9. The van der Waals surface area contributed by atoms with E-state index in [-0.39, 0.29) is 16.4 Å². The summed E-state index contributed by atoms with van der Waals surface area (Å²) in [6.07, 6.45) is -2.74. The third kappa shape index (κ3) is 6.08. The number of hydrogen-bond acceptors (Lipinski definition) is 5. The highest BCUT2D eigenvalue weighted by Gasteiger charge is 2.39. The van der Waals surface area contributed by atoms with Crippen molar-refractivity contribution in [3.8, 4) is 0 Å². The van der Waals surface area contributed by atoms with Crippen LogP contribution in [-0.4, -0.2) is 44.8 Å². The second-order valence-corrected chi connectivity index (χ2v) is 19.4. The number of ether oxygens (including phenoxy) is 1. The van der Waals surface area contributed by atoms with Crippen molar-refractivity contribution in [3.63, 3.8) is 0 Å². The van der Waals surface area contributed by atoms with Gasteiger partial charge in [-0.2, -0.15) is 13.2 Å². The predicted molar refractivity (Wildman–Crippen MR) is 166 cm³/mol. The quantitative estimate of drug-likeness (QED) is 0.155. The largest absolute Gasteiger partial charge is 0.417 e. The number of aromatic nitrogens is 2. The van der Waals surface area contributed by atoms with Crippen LogP contribution in [0.2, 0.25) is 23.2 Å². The minimum absolute atomic E-state index is 0.00353. The fourth-order valence-electron chi connectivity index (χ4n) is 4.80. The van der Waals surface area contributed by atoms with Crippen LogP contribution in [0.5, 0.6) is 0 Å². The molecule has 1 N–H and O–H groups in total. The van der Waals surface area contributed by atoms with E-state index < -0.39 is 52.8 Å². The number of anilines is 1. The number of methoxy groups -OCH3 is 1. The van der Waals surface area contributed by atoms with E-state index in [4.69, 9.17) is 16.3 Å². The van der Waals surface area contributed by atoms with Gasteiger partial charge in [-0.25, -0.2) is 12.7 Å². The van der Waals surface area contributed by atoms with E-state index in [0.29, 0.717) is 17.2 Å². The lowest BCUT2D eigenvalue weighted by molar-refractivity contribution is -0.137. The minimum atomic E-state index is -4.87. The van der Waals surface area contributed by atoms with E-state index in [9.17, 15) is 26.7 Å². The van der Waals surface area contributed by atoms with Crippen LogP contribution in [0, 0.1) is 6.92 Å². The van der Waals surface area contributed by atoms with Gasteiger partial charge in [0.15, 0.2) is 8.24 Å². The van der Waals surface area contributed by atoms with E-state index >= 15 is 0 Å². The topological polar surface area (TPSA) is 84.7 Å². The normalized spacial score (nSPS) is 13.9. The van der Waals surface area contributed by atoms with Crippen LogP contribution in [0.25, 0.3) is 10.9 Å². The lowest BCUT2D eigenvalue weighted by atomic mass is 10.0. The van der Waals surface area contributed by atoms with Gasteiger partial charge in [0.05, 0.1) is 26.9 Å². The monoisotopic (exact) mass is 653 g/mol. The molecule has 2 heterocycles. The Balaban J connectivity index is 1.89. The fraction of sp³-hybridized carbons (Fsp3) is 0.367. The molecule has 4 rings (SSSR count). The van der Waals surface area contributed by atoms with Crippen LogP contribution in [-0.2, 0) is 20.9 Å². The van der Waals surface area contributed by atoms with Gasteiger partial charge >= 0.3 is 6.18 Å². The third-order valence-electron chi connectivity index (χ3n) is 8.14. The van der Waals surface area contributed by atoms with Gasteiger partial charge in [0.2, 0.25) is 0 Å². The predicted octanol–water partition coefficient (Wildman–Crippen LogP) is 7.75. The smallest absolute Gasteiger partial charge is 0.382 e. The Bertz CT molecular complexity index is 1770. The summed E-state index contributed by atoms with van der Waals surface area (Å²) in [6.45, 7) is 12.3. The molecule has 0 aliphatic heterocycles. The van der Waals surface area contributed by atoms with E-state index in [1.807, 2.05) is 24.4 Å². The molecule has 43 heavy (non-hydrogen) atoms. The van der Waals surface area contributed by atoms with Gasteiger partial charge in [-0.15, -0.1) is 0 Å². The van der Waals surface area contributed by atoms with E-state index in [2.05, 4.69) is 43.1 Å². The van der Waals surface area contributed by atoms with Crippen molar-refractivity contribution in [1.82, 2.24) is 9.22 Å². The Morgan fingerprint density at radius 3 is 2.40 bits per heavy atom. The molecule has 0 aliphatic carbocycles. The standard InChI is InChI=1S/C30H35ClF3N3O4SSi/c1-19-15-26(36(18-41-5)42(39,40)20-11-12-24(31)23(16-20)30(32,33)34)27(35-17-19)28(38)22-9-8-10-25-21(22)13-14-37(25)43(6,7)29(2,3)4/h8-17,28,38H,18H2,1-7H3. The van der Waals surface area contributed by atoms with Gasteiger partial charge < -0.3 is 14.1 Å². The number of nitrogens with zero attached hydrogens (tertiary/aromatic N) is 3. The molecule has 0 saturated carbocycles. The number of alkyl halides is 3. The highest BCUT2D eigenvalue weighted by molar-refractivity contribution is 7.92. The summed E-state index contributed by atoms with van der Waals surface area (Å²) in [5, 5.41) is 12.0. The zero-order valence-electron chi connectivity index (χ0n) is 25.0. The van der Waals surface area contributed by atoms with Crippen molar-refractivity contribution in [2.45, 2.75) is 63.0 Å². The average molecular weight is 654 g/mol. The van der Waals surface area contributed by atoms with Crippen LogP contribution in [0.1, 0.15) is 49.3 Å². The molecule has 0 amide bonds. The second-order valence-electron chi connectivity index (χ2n) is 12.0. The highest BCUT2D eigenvalue weighted by atomic mass is 35.5. The van der Waals surface area contributed by atoms with Crippen LogP contribution in [0.3, 0.4) is 0 Å². The van der Waals surface area contributed by atoms with Crippen molar-refractivity contribution in [3.05, 3.63) is 88.3 Å². The van der Waals surface area contributed by atoms with Gasteiger partial charge in [0.1, 0.15) is 12.8 Å². The fourth-order valence-corrected chi connectivity index (χ4v) is 8.40. The number of fused-ring (bicyclic) bond motifs is 1. The highest BCUT2D eigenvalue weighted by Crippen LogP contribution is 2.42. The van der Waals surface area contributed by atoms with Crippen molar-refractivity contribution in [2.75, 3.05) is 18.1 Å². The van der Waals surface area contributed by atoms with Crippen molar-refractivity contribution < 1.29 is 31.4 Å². The number of halogens is 4. The molecule has 7 nitrogen and oxygen atoms in total. The molecule has 0 saturated heterocycles. The van der Waals surface area contributed by atoms with Crippen molar-refractivity contribution in [1.29, 1.82) is 0 Å². The number of sulfonamides is 1. The zero-order chi connectivity index (χ0) is 32.1. The van der Waals surface area contributed by atoms with Gasteiger partial charge in [-0.05, 0) is 65.7 Å². The second kappa shape index (κ2) is 11.5. The summed E-state index contributed by atoms with van der Waals surface area (Å²) in [5.74, 6) is 0. The molecule has 0 bridgehead atoms. The average Bonchev–Trinajstić information content (AvgIpc) is 3.35. The number of rotatable bonds is 8. The first-order chi connectivity index (χ1) is 19.8. The summed E-state index contributed by atoms with van der Waals surface area (Å²) in [6, 6.07) is 11.4. The van der Waals surface area contributed by atoms with Crippen LogP contribution < -0.4 is 4.31 Å². The Morgan fingerprint density at radius 2 is 1.79 bits per heavy atom. The van der Waals surface area contributed by atoms with Gasteiger partial charge in [0.25, 0.3) is 10.0 Å². The number of pyridine rings is 1. The van der Waals surface area contributed by atoms with E-state index in [1.165, 1.54) is 19.4 Å². The molecule has 1 atom stereocenters. The first kappa shape index (κ1) is 33.0. The summed E-state index contributed by atoms with van der Waals surface area (Å²) in [5.41, 5.74) is 0.694. The molecular weight excluding hydrogens is 619 g/mol. The zero-order valence-corrected chi connectivity index (χ0v) is 27.6. The molecule has 4 aromatic rings. The SMILES string of the molecule is COCN(c1cc(C)cnc1C(O)c1cccc2c1ccn2[Si](C)(C)C(C)(C)C)S(=O)(=O)c1ccc(Cl)c(C(F)(F)F)c1. The number of aliphatic hydroxyl groups is 1. The number of benzene rings is 2.